The second-order valence-corrected chi connectivity index (χ2v) is 4.04. The number of aliphatic hydroxyl groups is 1. The van der Waals surface area contributed by atoms with Gasteiger partial charge in [-0.2, -0.15) is 0 Å². The van der Waals surface area contributed by atoms with Crippen molar-refractivity contribution in [2.75, 3.05) is 13.1 Å². The number of rotatable bonds is 8. The minimum atomic E-state index is -0.472. The van der Waals surface area contributed by atoms with E-state index in [4.69, 9.17) is 10.8 Å². The van der Waals surface area contributed by atoms with Crippen molar-refractivity contribution in [1.29, 1.82) is 0 Å². The zero-order chi connectivity index (χ0) is 11.7. The van der Waals surface area contributed by atoms with Crippen LogP contribution in [-0.4, -0.2) is 30.2 Å². The highest BCUT2D eigenvalue weighted by Crippen LogP contribution is 2.14. The highest BCUT2D eigenvalue weighted by atomic mass is 16.3. The van der Waals surface area contributed by atoms with E-state index in [0.29, 0.717) is 25.4 Å². The van der Waals surface area contributed by atoms with E-state index in [-0.39, 0.29) is 5.91 Å². The maximum absolute atomic E-state index is 11.3. The highest BCUT2D eigenvalue weighted by Gasteiger charge is 2.09. The molecule has 0 fully saturated rings. The first-order chi connectivity index (χ1) is 7.10. The normalized spacial score (nSPS) is 14.7. The van der Waals surface area contributed by atoms with Gasteiger partial charge in [-0.1, -0.05) is 13.3 Å². The SMILES string of the molecule is CCC(CCN)CCC(=O)NCC(C)O. The number of nitrogens with two attached hydrogens (primary N) is 1. The molecule has 2 unspecified atom stereocenters. The molecular formula is C11H24N2O2. The Hall–Kier alpha value is -0.610. The van der Waals surface area contributed by atoms with Crippen molar-refractivity contribution in [3.63, 3.8) is 0 Å². The minimum absolute atomic E-state index is 0.0198. The van der Waals surface area contributed by atoms with E-state index in [1.165, 1.54) is 0 Å². The van der Waals surface area contributed by atoms with Crippen molar-refractivity contribution in [3.8, 4) is 0 Å². The van der Waals surface area contributed by atoms with E-state index in [1.807, 2.05) is 0 Å². The molecule has 4 N–H and O–H groups in total. The number of nitrogens with one attached hydrogen (secondary N) is 1. The predicted octanol–water partition coefficient (Wildman–Crippen LogP) is 0.639. The van der Waals surface area contributed by atoms with Gasteiger partial charge in [-0.25, -0.2) is 0 Å². The van der Waals surface area contributed by atoms with Crippen LogP contribution in [0.25, 0.3) is 0 Å². The van der Waals surface area contributed by atoms with E-state index in [9.17, 15) is 4.79 Å². The van der Waals surface area contributed by atoms with Crippen LogP contribution in [0.1, 0.15) is 39.5 Å². The number of amides is 1. The molecule has 0 heterocycles. The molecule has 1 amide bonds. The van der Waals surface area contributed by atoms with E-state index in [0.717, 1.165) is 19.3 Å². The standard InChI is InChI=1S/C11H24N2O2/c1-3-10(6-7-12)4-5-11(15)13-8-9(2)14/h9-10,14H,3-8,12H2,1-2H3,(H,13,15). The number of aliphatic hydroxyl groups excluding tert-OH is 1. The summed E-state index contributed by atoms with van der Waals surface area (Å²) in [5.41, 5.74) is 5.48. The molecule has 2 atom stereocenters. The van der Waals surface area contributed by atoms with Gasteiger partial charge in [-0.3, -0.25) is 4.79 Å². The van der Waals surface area contributed by atoms with Gasteiger partial charge in [0.15, 0.2) is 0 Å². The van der Waals surface area contributed by atoms with E-state index in [2.05, 4.69) is 12.2 Å². The fourth-order valence-electron chi connectivity index (χ4n) is 1.47. The maximum Gasteiger partial charge on any atom is 0.220 e. The Balaban J connectivity index is 3.59. The zero-order valence-corrected chi connectivity index (χ0v) is 9.83. The first-order valence-corrected chi connectivity index (χ1v) is 5.75. The number of hydrogen-bond donors (Lipinski definition) is 3. The average molecular weight is 216 g/mol. The van der Waals surface area contributed by atoms with E-state index in [1.54, 1.807) is 6.92 Å². The third-order valence-corrected chi connectivity index (χ3v) is 2.53. The Kier molecular flexibility index (Phi) is 8.33. The minimum Gasteiger partial charge on any atom is -0.392 e. The van der Waals surface area contributed by atoms with E-state index >= 15 is 0 Å². The van der Waals surface area contributed by atoms with Crippen LogP contribution >= 0.6 is 0 Å². The lowest BCUT2D eigenvalue weighted by Gasteiger charge is -2.13. The summed E-state index contributed by atoms with van der Waals surface area (Å²) in [6.07, 6.45) is 3.01. The van der Waals surface area contributed by atoms with Gasteiger partial charge in [0.2, 0.25) is 5.91 Å². The summed E-state index contributed by atoms with van der Waals surface area (Å²) in [6, 6.07) is 0. The van der Waals surface area contributed by atoms with E-state index < -0.39 is 6.10 Å². The molecule has 4 nitrogen and oxygen atoms in total. The number of hydrogen-bond acceptors (Lipinski definition) is 3. The fourth-order valence-corrected chi connectivity index (χ4v) is 1.47. The molecule has 0 saturated carbocycles. The summed E-state index contributed by atoms with van der Waals surface area (Å²) < 4.78 is 0. The van der Waals surface area contributed by atoms with Crippen molar-refractivity contribution < 1.29 is 9.90 Å². The van der Waals surface area contributed by atoms with Crippen LogP contribution in [0.2, 0.25) is 0 Å². The van der Waals surface area contributed by atoms with Crippen LogP contribution in [-0.2, 0) is 4.79 Å². The maximum atomic E-state index is 11.3. The summed E-state index contributed by atoms with van der Waals surface area (Å²) in [5, 5.41) is 11.7. The van der Waals surface area contributed by atoms with Crippen molar-refractivity contribution in [1.82, 2.24) is 5.32 Å². The van der Waals surface area contributed by atoms with Crippen LogP contribution in [0.5, 0.6) is 0 Å². The molecule has 0 rings (SSSR count). The molecule has 0 radical (unpaired) electrons. The van der Waals surface area contributed by atoms with Gasteiger partial charge in [0.1, 0.15) is 0 Å². The highest BCUT2D eigenvalue weighted by molar-refractivity contribution is 5.75. The quantitative estimate of drug-likeness (QED) is 0.557. The third-order valence-electron chi connectivity index (χ3n) is 2.53. The zero-order valence-electron chi connectivity index (χ0n) is 9.83. The predicted molar refractivity (Wildman–Crippen MR) is 61.4 cm³/mol. The Bertz CT molecular complexity index is 172. The molecule has 0 aliphatic heterocycles. The molecule has 0 aliphatic carbocycles. The Morgan fingerprint density at radius 3 is 2.60 bits per heavy atom. The second-order valence-electron chi connectivity index (χ2n) is 4.04. The van der Waals surface area contributed by atoms with Gasteiger partial charge in [-0.05, 0) is 32.2 Å². The summed E-state index contributed by atoms with van der Waals surface area (Å²) in [6.45, 7) is 4.80. The molecule has 0 aromatic rings. The molecule has 0 bridgehead atoms. The third kappa shape index (κ3) is 8.39. The molecular weight excluding hydrogens is 192 g/mol. The Labute approximate surface area is 92.2 Å². The molecule has 0 aromatic heterocycles. The molecule has 0 aromatic carbocycles. The van der Waals surface area contributed by atoms with Crippen LogP contribution < -0.4 is 11.1 Å². The molecule has 0 aliphatic rings. The smallest absolute Gasteiger partial charge is 0.220 e. The van der Waals surface area contributed by atoms with Gasteiger partial charge in [0, 0.05) is 13.0 Å². The van der Waals surface area contributed by atoms with Crippen LogP contribution in [0.15, 0.2) is 0 Å². The summed E-state index contributed by atoms with van der Waals surface area (Å²) >= 11 is 0. The molecule has 90 valence electrons. The molecule has 0 saturated heterocycles. The summed E-state index contributed by atoms with van der Waals surface area (Å²) in [7, 11) is 0. The van der Waals surface area contributed by atoms with Gasteiger partial charge in [-0.15, -0.1) is 0 Å². The number of carbonyl (C=O) groups excluding carboxylic acids is 1. The fraction of sp³-hybridized carbons (Fsp3) is 0.909. The average Bonchev–Trinajstić information content (AvgIpc) is 2.21. The summed E-state index contributed by atoms with van der Waals surface area (Å²) in [4.78, 5) is 11.3. The van der Waals surface area contributed by atoms with Crippen molar-refractivity contribution in [2.45, 2.75) is 45.6 Å². The van der Waals surface area contributed by atoms with Crippen molar-refractivity contribution in [3.05, 3.63) is 0 Å². The lowest BCUT2D eigenvalue weighted by molar-refractivity contribution is -0.121. The van der Waals surface area contributed by atoms with Gasteiger partial charge >= 0.3 is 0 Å². The largest absolute Gasteiger partial charge is 0.392 e. The summed E-state index contributed by atoms with van der Waals surface area (Å²) in [5.74, 6) is 0.568. The van der Waals surface area contributed by atoms with Gasteiger partial charge in [0.05, 0.1) is 6.10 Å². The number of carbonyl (C=O) groups is 1. The first-order valence-electron chi connectivity index (χ1n) is 5.75. The monoisotopic (exact) mass is 216 g/mol. The van der Waals surface area contributed by atoms with Crippen LogP contribution in [0.4, 0.5) is 0 Å². The Morgan fingerprint density at radius 1 is 1.47 bits per heavy atom. The molecule has 15 heavy (non-hydrogen) atoms. The Morgan fingerprint density at radius 2 is 2.13 bits per heavy atom. The molecule has 4 heteroatoms. The van der Waals surface area contributed by atoms with Crippen molar-refractivity contribution in [2.24, 2.45) is 11.7 Å². The van der Waals surface area contributed by atoms with Crippen LogP contribution in [0.3, 0.4) is 0 Å². The van der Waals surface area contributed by atoms with Crippen molar-refractivity contribution >= 4 is 5.91 Å². The first kappa shape index (κ1) is 14.4. The van der Waals surface area contributed by atoms with Gasteiger partial charge < -0.3 is 16.2 Å². The topological polar surface area (TPSA) is 75.4 Å². The lowest BCUT2D eigenvalue weighted by Crippen LogP contribution is -2.30. The molecule has 0 spiro atoms. The lowest BCUT2D eigenvalue weighted by atomic mass is 9.96. The second kappa shape index (κ2) is 8.68. The van der Waals surface area contributed by atoms with Gasteiger partial charge in [0.25, 0.3) is 0 Å². The van der Waals surface area contributed by atoms with Crippen LogP contribution in [0, 0.1) is 5.92 Å².